The molecule has 0 saturated carbocycles. The van der Waals surface area contributed by atoms with E-state index in [2.05, 4.69) is 30.9 Å². The van der Waals surface area contributed by atoms with E-state index >= 15 is 0 Å². The zero-order chi connectivity index (χ0) is 18.8. The number of piperazine rings is 1. The van der Waals surface area contributed by atoms with Crippen LogP contribution >= 0.6 is 11.6 Å². The van der Waals surface area contributed by atoms with E-state index in [9.17, 15) is 14.9 Å². The van der Waals surface area contributed by atoms with Gasteiger partial charge in [0.2, 0.25) is 0 Å². The molecule has 26 heavy (non-hydrogen) atoms. The smallest absolute Gasteiger partial charge is 0.270 e. The van der Waals surface area contributed by atoms with Gasteiger partial charge in [-0.15, -0.1) is 0 Å². The lowest BCUT2D eigenvalue weighted by atomic mass is 10.1. The molecule has 1 saturated heterocycles. The van der Waals surface area contributed by atoms with Crippen LogP contribution in [-0.2, 0) is 0 Å². The number of anilines is 1. The Morgan fingerprint density at radius 2 is 1.81 bits per heavy atom. The number of nitro benzene ring substituents is 1. The van der Waals surface area contributed by atoms with Gasteiger partial charge >= 0.3 is 0 Å². The van der Waals surface area contributed by atoms with Crippen molar-refractivity contribution in [3.63, 3.8) is 0 Å². The number of hydrogen-bond donors (Lipinski definition) is 0. The minimum absolute atomic E-state index is 0.133. The molecule has 136 valence electrons. The van der Waals surface area contributed by atoms with Crippen molar-refractivity contribution in [1.82, 2.24) is 4.90 Å². The number of nitro groups is 1. The number of halogens is 1. The van der Waals surface area contributed by atoms with E-state index in [1.807, 2.05) is 6.07 Å². The highest BCUT2D eigenvalue weighted by molar-refractivity contribution is 6.33. The molecule has 7 heteroatoms. The summed E-state index contributed by atoms with van der Waals surface area (Å²) in [5.74, 6) is -0.265. The van der Waals surface area contributed by atoms with Crippen LogP contribution in [0.3, 0.4) is 0 Å². The van der Waals surface area contributed by atoms with Crippen LogP contribution in [0.2, 0.25) is 5.02 Å². The average molecular weight is 374 g/mol. The topological polar surface area (TPSA) is 66.7 Å². The SMILES string of the molecule is Cc1cccc(N2CCN(C(=O)c3cc([N+](=O)[O-])ccc3Cl)CC2)c1C. The van der Waals surface area contributed by atoms with E-state index in [-0.39, 0.29) is 22.2 Å². The number of nitrogens with zero attached hydrogens (tertiary/aromatic N) is 3. The molecule has 1 heterocycles. The fourth-order valence-electron chi connectivity index (χ4n) is 3.19. The van der Waals surface area contributed by atoms with Gasteiger partial charge in [0, 0.05) is 44.0 Å². The van der Waals surface area contributed by atoms with Gasteiger partial charge in [-0.1, -0.05) is 23.7 Å². The number of rotatable bonds is 3. The highest BCUT2D eigenvalue weighted by atomic mass is 35.5. The lowest BCUT2D eigenvalue weighted by molar-refractivity contribution is -0.384. The van der Waals surface area contributed by atoms with E-state index in [4.69, 9.17) is 11.6 Å². The number of amides is 1. The summed E-state index contributed by atoms with van der Waals surface area (Å²) in [6.45, 7) is 6.70. The maximum atomic E-state index is 12.8. The number of hydrogen-bond acceptors (Lipinski definition) is 4. The van der Waals surface area contributed by atoms with Crippen molar-refractivity contribution in [1.29, 1.82) is 0 Å². The van der Waals surface area contributed by atoms with Gasteiger partial charge in [-0.2, -0.15) is 0 Å². The zero-order valence-corrected chi connectivity index (χ0v) is 15.5. The van der Waals surface area contributed by atoms with E-state index < -0.39 is 4.92 Å². The molecule has 0 N–H and O–H groups in total. The lowest BCUT2D eigenvalue weighted by Crippen LogP contribution is -2.49. The summed E-state index contributed by atoms with van der Waals surface area (Å²) < 4.78 is 0. The van der Waals surface area contributed by atoms with Gasteiger partial charge in [-0.3, -0.25) is 14.9 Å². The van der Waals surface area contributed by atoms with Gasteiger partial charge in [0.05, 0.1) is 15.5 Å². The quantitative estimate of drug-likeness (QED) is 0.605. The standard InChI is InChI=1S/C19H20ClN3O3/c1-13-4-3-5-18(14(13)2)21-8-10-22(11-9-21)19(24)16-12-15(23(25)26)6-7-17(16)20/h3-7,12H,8-11H2,1-2H3. The molecule has 1 amide bonds. The second-order valence-electron chi connectivity index (χ2n) is 6.42. The third-order valence-corrected chi connectivity index (χ3v) is 5.20. The predicted molar refractivity (Wildman–Crippen MR) is 102 cm³/mol. The van der Waals surface area contributed by atoms with Gasteiger partial charge in [0.15, 0.2) is 0 Å². The van der Waals surface area contributed by atoms with Crippen LogP contribution in [0.1, 0.15) is 21.5 Å². The molecule has 0 aromatic heterocycles. The van der Waals surface area contributed by atoms with Crippen molar-refractivity contribution >= 4 is 28.9 Å². The molecular formula is C19H20ClN3O3. The van der Waals surface area contributed by atoms with Crippen LogP contribution in [0.4, 0.5) is 11.4 Å². The fourth-order valence-corrected chi connectivity index (χ4v) is 3.39. The van der Waals surface area contributed by atoms with Crippen LogP contribution in [-0.4, -0.2) is 41.9 Å². The summed E-state index contributed by atoms with van der Waals surface area (Å²) in [4.78, 5) is 27.2. The van der Waals surface area contributed by atoms with Crippen molar-refractivity contribution in [3.8, 4) is 0 Å². The van der Waals surface area contributed by atoms with E-state index in [1.54, 1.807) is 4.90 Å². The van der Waals surface area contributed by atoms with Gasteiger partial charge in [0.25, 0.3) is 11.6 Å². The molecule has 0 atom stereocenters. The van der Waals surface area contributed by atoms with Gasteiger partial charge in [0.1, 0.15) is 0 Å². The zero-order valence-electron chi connectivity index (χ0n) is 14.7. The summed E-state index contributed by atoms with van der Waals surface area (Å²) in [7, 11) is 0. The first-order valence-electron chi connectivity index (χ1n) is 8.43. The Kier molecular flexibility index (Phi) is 5.13. The second-order valence-corrected chi connectivity index (χ2v) is 6.83. The van der Waals surface area contributed by atoms with Gasteiger partial charge in [-0.25, -0.2) is 0 Å². The molecule has 2 aromatic rings. The third kappa shape index (κ3) is 3.51. The van der Waals surface area contributed by atoms with E-state index in [0.29, 0.717) is 26.2 Å². The molecule has 1 aliphatic heterocycles. The maximum absolute atomic E-state index is 12.8. The van der Waals surface area contributed by atoms with Crippen LogP contribution < -0.4 is 4.90 Å². The molecule has 0 aliphatic carbocycles. The average Bonchev–Trinajstić information content (AvgIpc) is 2.64. The van der Waals surface area contributed by atoms with Crippen molar-refractivity contribution in [2.45, 2.75) is 13.8 Å². The minimum Gasteiger partial charge on any atom is -0.368 e. The Morgan fingerprint density at radius 3 is 2.46 bits per heavy atom. The normalized spacial score (nSPS) is 14.4. The molecule has 1 aliphatic rings. The highest BCUT2D eigenvalue weighted by Gasteiger charge is 2.25. The Morgan fingerprint density at radius 1 is 1.12 bits per heavy atom. The summed E-state index contributed by atoms with van der Waals surface area (Å²) in [6, 6.07) is 10.2. The molecule has 0 bridgehead atoms. The molecule has 2 aromatic carbocycles. The molecular weight excluding hydrogens is 354 g/mol. The first-order chi connectivity index (χ1) is 12.4. The van der Waals surface area contributed by atoms with E-state index in [1.165, 1.54) is 35.0 Å². The Balaban J connectivity index is 1.74. The molecule has 3 rings (SSSR count). The maximum Gasteiger partial charge on any atom is 0.270 e. The Hall–Kier alpha value is -2.60. The summed E-state index contributed by atoms with van der Waals surface area (Å²) in [6.07, 6.45) is 0. The number of non-ortho nitro benzene ring substituents is 1. The predicted octanol–water partition coefficient (Wildman–Crippen LogP) is 3.83. The van der Waals surface area contributed by atoms with Crippen molar-refractivity contribution in [2.24, 2.45) is 0 Å². The Bertz CT molecular complexity index is 861. The highest BCUT2D eigenvalue weighted by Crippen LogP contribution is 2.26. The van der Waals surface area contributed by atoms with Crippen LogP contribution in [0, 0.1) is 24.0 Å². The summed E-state index contributed by atoms with van der Waals surface area (Å²) >= 11 is 6.10. The van der Waals surface area contributed by atoms with Crippen molar-refractivity contribution in [3.05, 3.63) is 68.2 Å². The minimum atomic E-state index is -0.522. The second kappa shape index (κ2) is 7.33. The largest absolute Gasteiger partial charge is 0.368 e. The number of carbonyl (C=O) groups is 1. The Labute approximate surface area is 157 Å². The first kappa shape index (κ1) is 18.2. The van der Waals surface area contributed by atoms with Crippen LogP contribution in [0.15, 0.2) is 36.4 Å². The monoisotopic (exact) mass is 373 g/mol. The lowest BCUT2D eigenvalue weighted by Gasteiger charge is -2.37. The molecule has 1 fully saturated rings. The van der Waals surface area contributed by atoms with Gasteiger partial charge in [-0.05, 0) is 37.1 Å². The first-order valence-corrected chi connectivity index (χ1v) is 8.80. The molecule has 6 nitrogen and oxygen atoms in total. The van der Waals surface area contributed by atoms with Crippen molar-refractivity contribution in [2.75, 3.05) is 31.1 Å². The summed E-state index contributed by atoms with van der Waals surface area (Å²) in [5.41, 5.74) is 3.72. The van der Waals surface area contributed by atoms with Gasteiger partial charge < -0.3 is 9.80 Å². The molecule has 0 unspecified atom stereocenters. The number of aryl methyl sites for hydroxylation is 1. The summed E-state index contributed by atoms with van der Waals surface area (Å²) in [5, 5.41) is 11.2. The fraction of sp³-hybridized carbons (Fsp3) is 0.316. The van der Waals surface area contributed by atoms with Crippen molar-refractivity contribution < 1.29 is 9.72 Å². The number of benzene rings is 2. The number of carbonyl (C=O) groups excluding carboxylic acids is 1. The molecule has 0 radical (unpaired) electrons. The van der Waals surface area contributed by atoms with Crippen LogP contribution in [0.5, 0.6) is 0 Å². The van der Waals surface area contributed by atoms with Crippen LogP contribution in [0.25, 0.3) is 0 Å². The van der Waals surface area contributed by atoms with E-state index in [0.717, 1.165) is 0 Å². The molecule has 0 spiro atoms. The third-order valence-electron chi connectivity index (χ3n) is 4.87.